The SMILES string of the molecule is Nn1c(S[C@@H]2CC(=O)N(c3ccc(Cl)cc3)C2=O)nc2ccccc2c1=O. The number of imide groups is 1. The lowest BCUT2D eigenvalue weighted by Gasteiger charge is -2.15. The second-order valence-electron chi connectivity index (χ2n) is 5.94. The Labute approximate surface area is 162 Å². The molecule has 0 radical (unpaired) electrons. The summed E-state index contributed by atoms with van der Waals surface area (Å²) in [5.41, 5.74) is 0.529. The second kappa shape index (κ2) is 6.71. The van der Waals surface area contributed by atoms with Crippen LogP contribution in [0.1, 0.15) is 6.42 Å². The molecular formula is C18H13ClN4O3S. The van der Waals surface area contributed by atoms with E-state index in [1.54, 1.807) is 48.5 Å². The van der Waals surface area contributed by atoms with Gasteiger partial charge in [0.05, 0.1) is 16.6 Å². The first-order valence-corrected chi connectivity index (χ1v) is 9.27. The molecule has 1 aliphatic heterocycles. The maximum absolute atomic E-state index is 12.8. The van der Waals surface area contributed by atoms with Crippen LogP contribution in [0.2, 0.25) is 5.02 Å². The largest absolute Gasteiger partial charge is 0.334 e. The molecule has 0 saturated carbocycles. The van der Waals surface area contributed by atoms with Gasteiger partial charge in [-0.05, 0) is 36.4 Å². The average molecular weight is 401 g/mol. The number of nitrogens with two attached hydrogens (primary N) is 1. The molecule has 136 valence electrons. The molecule has 2 aromatic carbocycles. The van der Waals surface area contributed by atoms with E-state index < -0.39 is 10.8 Å². The van der Waals surface area contributed by atoms with Crippen molar-refractivity contribution in [1.82, 2.24) is 9.66 Å². The van der Waals surface area contributed by atoms with E-state index in [2.05, 4.69) is 4.98 Å². The van der Waals surface area contributed by atoms with Crippen molar-refractivity contribution in [3.05, 3.63) is 63.9 Å². The fraction of sp³-hybridized carbons (Fsp3) is 0.111. The van der Waals surface area contributed by atoms with Crippen molar-refractivity contribution in [2.24, 2.45) is 0 Å². The Morgan fingerprint density at radius 3 is 2.52 bits per heavy atom. The Morgan fingerprint density at radius 1 is 1.07 bits per heavy atom. The van der Waals surface area contributed by atoms with E-state index in [0.29, 0.717) is 21.6 Å². The number of halogens is 1. The molecule has 3 aromatic rings. The summed E-state index contributed by atoms with van der Waals surface area (Å²) >= 11 is 6.87. The van der Waals surface area contributed by atoms with E-state index in [0.717, 1.165) is 21.3 Å². The second-order valence-corrected chi connectivity index (χ2v) is 7.55. The minimum atomic E-state index is -0.712. The Hall–Kier alpha value is -2.84. The zero-order chi connectivity index (χ0) is 19.1. The number of fused-ring (bicyclic) bond motifs is 1. The molecule has 0 aliphatic carbocycles. The van der Waals surface area contributed by atoms with E-state index in [-0.39, 0.29) is 23.4 Å². The number of aromatic nitrogens is 2. The third-order valence-electron chi connectivity index (χ3n) is 4.21. The van der Waals surface area contributed by atoms with Crippen molar-refractivity contribution >= 4 is 51.8 Å². The maximum Gasteiger partial charge on any atom is 0.280 e. The monoisotopic (exact) mass is 400 g/mol. The number of nitrogens with zero attached hydrogens (tertiary/aromatic N) is 3. The van der Waals surface area contributed by atoms with Crippen LogP contribution in [0.3, 0.4) is 0 Å². The van der Waals surface area contributed by atoms with E-state index in [1.165, 1.54) is 0 Å². The van der Waals surface area contributed by atoms with Crippen LogP contribution < -0.4 is 16.3 Å². The normalized spacial score (nSPS) is 17.1. The molecule has 27 heavy (non-hydrogen) atoms. The maximum atomic E-state index is 12.8. The van der Waals surface area contributed by atoms with Gasteiger partial charge >= 0.3 is 0 Å². The number of carbonyl (C=O) groups is 2. The highest BCUT2D eigenvalue weighted by molar-refractivity contribution is 8.00. The van der Waals surface area contributed by atoms with Gasteiger partial charge in [0.25, 0.3) is 5.56 Å². The summed E-state index contributed by atoms with van der Waals surface area (Å²) < 4.78 is 0.912. The highest BCUT2D eigenvalue weighted by atomic mass is 35.5. The minimum Gasteiger partial charge on any atom is -0.334 e. The lowest BCUT2D eigenvalue weighted by molar-refractivity contribution is -0.121. The predicted molar refractivity (Wildman–Crippen MR) is 104 cm³/mol. The van der Waals surface area contributed by atoms with Gasteiger partial charge in [-0.25, -0.2) is 14.6 Å². The zero-order valence-electron chi connectivity index (χ0n) is 13.8. The number of nitrogen functional groups attached to an aromatic ring is 1. The number of amides is 2. The van der Waals surface area contributed by atoms with Crippen molar-refractivity contribution in [2.45, 2.75) is 16.8 Å². The van der Waals surface area contributed by atoms with Crippen LogP contribution in [0.4, 0.5) is 5.69 Å². The fourth-order valence-electron chi connectivity index (χ4n) is 2.89. The lowest BCUT2D eigenvalue weighted by atomic mass is 10.2. The van der Waals surface area contributed by atoms with Crippen LogP contribution in [-0.2, 0) is 9.59 Å². The van der Waals surface area contributed by atoms with Gasteiger partial charge in [0.1, 0.15) is 5.25 Å². The van der Waals surface area contributed by atoms with Crippen molar-refractivity contribution in [3.8, 4) is 0 Å². The van der Waals surface area contributed by atoms with E-state index in [4.69, 9.17) is 17.4 Å². The molecule has 1 fully saturated rings. The first-order valence-electron chi connectivity index (χ1n) is 8.01. The molecule has 4 rings (SSSR count). The third-order valence-corrected chi connectivity index (χ3v) is 5.62. The molecule has 2 N–H and O–H groups in total. The Bertz CT molecular complexity index is 1130. The first-order chi connectivity index (χ1) is 13.0. The van der Waals surface area contributed by atoms with Gasteiger partial charge in [0.2, 0.25) is 11.8 Å². The van der Waals surface area contributed by atoms with Crippen LogP contribution in [0.5, 0.6) is 0 Å². The first kappa shape index (κ1) is 17.6. The Kier molecular flexibility index (Phi) is 4.37. The predicted octanol–water partition coefficient (Wildman–Crippen LogP) is 2.19. The average Bonchev–Trinajstić information content (AvgIpc) is 2.94. The summed E-state index contributed by atoms with van der Waals surface area (Å²) in [6.45, 7) is 0. The Balaban J connectivity index is 1.66. The van der Waals surface area contributed by atoms with Crippen LogP contribution in [0, 0.1) is 0 Å². The number of hydrogen-bond acceptors (Lipinski definition) is 6. The fourth-order valence-corrected chi connectivity index (χ4v) is 4.05. The molecule has 0 spiro atoms. The lowest BCUT2D eigenvalue weighted by Crippen LogP contribution is -2.32. The number of carbonyl (C=O) groups excluding carboxylic acids is 2. The number of para-hydroxylation sites is 1. The number of benzene rings is 2. The number of anilines is 1. The van der Waals surface area contributed by atoms with Gasteiger partial charge in [-0.15, -0.1) is 0 Å². The van der Waals surface area contributed by atoms with E-state index in [1.807, 2.05) is 0 Å². The minimum absolute atomic E-state index is 0.00514. The quantitative estimate of drug-likeness (QED) is 0.411. The van der Waals surface area contributed by atoms with Crippen molar-refractivity contribution in [2.75, 3.05) is 10.7 Å². The molecule has 1 aliphatic rings. The van der Waals surface area contributed by atoms with Crippen LogP contribution >= 0.6 is 23.4 Å². The molecule has 2 amide bonds. The van der Waals surface area contributed by atoms with E-state index in [9.17, 15) is 14.4 Å². The summed E-state index contributed by atoms with van der Waals surface area (Å²) in [6, 6.07) is 13.3. The summed E-state index contributed by atoms with van der Waals surface area (Å²) in [4.78, 5) is 43.0. The summed E-state index contributed by atoms with van der Waals surface area (Å²) in [5.74, 6) is 5.16. The van der Waals surface area contributed by atoms with Crippen molar-refractivity contribution in [3.63, 3.8) is 0 Å². The standard InChI is InChI=1S/C18H13ClN4O3S/c19-10-5-7-11(8-6-10)22-15(24)9-14(17(22)26)27-18-21-13-4-2-1-3-12(13)16(25)23(18)20/h1-8,14H,9,20H2/t14-/m1/s1. The third kappa shape index (κ3) is 3.07. The van der Waals surface area contributed by atoms with Gasteiger partial charge in [-0.1, -0.05) is 35.5 Å². The van der Waals surface area contributed by atoms with Crippen LogP contribution in [0.25, 0.3) is 10.9 Å². The molecule has 1 atom stereocenters. The zero-order valence-corrected chi connectivity index (χ0v) is 15.4. The smallest absolute Gasteiger partial charge is 0.280 e. The molecule has 0 unspecified atom stereocenters. The van der Waals surface area contributed by atoms with Crippen LogP contribution in [-0.4, -0.2) is 26.7 Å². The highest BCUT2D eigenvalue weighted by Gasteiger charge is 2.41. The van der Waals surface area contributed by atoms with Gasteiger partial charge in [-0.2, -0.15) is 0 Å². The van der Waals surface area contributed by atoms with Gasteiger partial charge in [0, 0.05) is 11.4 Å². The molecule has 2 heterocycles. The molecule has 7 nitrogen and oxygen atoms in total. The number of hydrogen-bond donors (Lipinski definition) is 1. The number of rotatable bonds is 3. The van der Waals surface area contributed by atoms with Gasteiger partial charge in [0.15, 0.2) is 5.16 Å². The summed E-state index contributed by atoms with van der Waals surface area (Å²) in [5, 5.41) is 0.371. The Morgan fingerprint density at radius 2 is 1.78 bits per heavy atom. The molecule has 1 aromatic heterocycles. The molecule has 9 heteroatoms. The highest BCUT2D eigenvalue weighted by Crippen LogP contribution is 2.33. The van der Waals surface area contributed by atoms with E-state index >= 15 is 0 Å². The van der Waals surface area contributed by atoms with Gasteiger partial charge in [-0.3, -0.25) is 14.4 Å². The van der Waals surface area contributed by atoms with Crippen molar-refractivity contribution in [1.29, 1.82) is 0 Å². The number of thioether (sulfide) groups is 1. The van der Waals surface area contributed by atoms with Crippen LogP contribution in [0.15, 0.2) is 58.5 Å². The molecule has 0 bridgehead atoms. The summed E-state index contributed by atoms with van der Waals surface area (Å²) in [6.07, 6.45) is -0.00514. The molecular weight excluding hydrogens is 388 g/mol. The van der Waals surface area contributed by atoms with Crippen molar-refractivity contribution < 1.29 is 9.59 Å². The summed E-state index contributed by atoms with van der Waals surface area (Å²) in [7, 11) is 0. The molecule has 1 saturated heterocycles. The van der Waals surface area contributed by atoms with Gasteiger partial charge < -0.3 is 5.84 Å². The topological polar surface area (TPSA) is 98.3 Å².